The van der Waals surface area contributed by atoms with Gasteiger partial charge in [-0.3, -0.25) is 0 Å². The minimum atomic E-state index is 0.160. The summed E-state index contributed by atoms with van der Waals surface area (Å²) in [6.07, 6.45) is 2.18. The topological polar surface area (TPSA) is 38.0 Å². The lowest BCUT2D eigenvalue weighted by Crippen LogP contribution is -2.10. The average Bonchev–Trinajstić information content (AvgIpc) is 2.71. The normalized spacial score (nSPS) is 11.5. The van der Waals surface area contributed by atoms with E-state index in [0.717, 1.165) is 29.7 Å². The predicted octanol–water partition coefficient (Wildman–Crippen LogP) is 2.93. The van der Waals surface area contributed by atoms with Gasteiger partial charge in [0.05, 0.1) is 17.6 Å². The van der Waals surface area contributed by atoms with Gasteiger partial charge in [-0.15, -0.1) is 0 Å². The highest BCUT2D eigenvalue weighted by Gasteiger charge is 2.16. The Balaban J connectivity index is 2.56. The fourth-order valence-electron chi connectivity index (χ4n) is 2.39. The van der Waals surface area contributed by atoms with Crippen LogP contribution >= 0.6 is 0 Å². The van der Waals surface area contributed by atoms with Crippen molar-refractivity contribution in [3.05, 3.63) is 30.1 Å². The summed E-state index contributed by atoms with van der Waals surface area (Å²) in [5.74, 6) is 1.60. The van der Waals surface area contributed by atoms with E-state index in [-0.39, 0.29) is 6.61 Å². The number of aromatic nitrogens is 2. The van der Waals surface area contributed by atoms with Crippen molar-refractivity contribution in [2.24, 2.45) is 0 Å². The molecule has 0 fully saturated rings. The number of aliphatic hydroxyl groups is 1. The molecule has 1 heterocycles. The molecule has 0 saturated heterocycles. The second kappa shape index (κ2) is 5.32. The summed E-state index contributed by atoms with van der Waals surface area (Å²) in [6, 6.07) is 8.14. The van der Waals surface area contributed by atoms with Crippen molar-refractivity contribution in [3.8, 4) is 0 Å². The molecule has 1 N–H and O–H groups in total. The molecular weight excluding hydrogens is 212 g/mol. The van der Waals surface area contributed by atoms with Crippen LogP contribution in [0, 0.1) is 0 Å². The third-order valence-electron chi connectivity index (χ3n) is 3.36. The van der Waals surface area contributed by atoms with Crippen molar-refractivity contribution in [2.45, 2.75) is 39.2 Å². The van der Waals surface area contributed by atoms with Gasteiger partial charge >= 0.3 is 0 Å². The van der Waals surface area contributed by atoms with Crippen molar-refractivity contribution in [1.29, 1.82) is 0 Å². The van der Waals surface area contributed by atoms with Gasteiger partial charge in [-0.2, -0.15) is 0 Å². The maximum atomic E-state index is 9.20. The molecule has 0 saturated carbocycles. The van der Waals surface area contributed by atoms with Crippen LogP contribution in [-0.2, 0) is 6.54 Å². The highest BCUT2D eigenvalue weighted by Crippen LogP contribution is 2.26. The number of hydrogen-bond donors (Lipinski definition) is 1. The second-order valence-electron chi connectivity index (χ2n) is 4.35. The number of aliphatic hydroxyl groups excluding tert-OH is 1. The molecule has 1 aromatic carbocycles. The quantitative estimate of drug-likeness (QED) is 0.860. The van der Waals surface area contributed by atoms with Crippen LogP contribution in [0.2, 0.25) is 0 Å². The lowest BCUT2D eigenvalue weighted by molar-refractivity contribution is 0.274. The standard InChI is InChI=1S/C14H20N2O/c1-3-11(4-2)14-15-12-7-5-6-8-13(12)16(14)9-10-17/h5-8,11,17H,3-4,9-10H2,1-2H3. The maximum Gasteiger partial charge on any atom is 0.113 e. The minimum Gasteiger partial charge on any atom is -0.395 e. The molecule has 0 amide bonds. The molecule has 0 aliphatic heterocycles. The molecule has 0 bridgehead atoms. The van der Waals surface area contributed by atoms with Crippen LogP contribution in [-0.4, -0.2) is 21.3 Å². The number of imidazole rings is 1. The lowest BCUT2D eigenvalue weighted by atomic mass is 10.0. The van der Waals surface area contributed by atoms with Crippen molar-refractivity contribution < 1.29 is 5.11 Å². The van der Waals surface area contributed by atoms with E-state index in [4.69, 9.17) is 4.98 Å². The zero-order chi connectivity index (χ0) is 12.3. The summed E-state index contributed by atoms with van der Waals surface area (Å²) in [6.45, 7) is 5.17. The average molecular weight is 232 g/mol. The largest absolute Gasteiger partial charge is 0.395 e. The Morgan fingerprint density at radius 3 is 2.59 bits per heavy atom. The molecule has 92 valence electrons. The van der Waals surface area contributed by atoms with Gasteiger partial charge in [-0.1, -0.05) is 26.0 Å². The van der Waals surface area contributed by atoms with Crippen molar-refractivity contribution in [2.75, 3.05) is 6.61 Å². The van der Waals surface area contributed by atoms with Crippen LogP contribution in [0.5, 0.6) is 0 Å². The molecule has 2 aromatic rings. The number of nitrogens with zero attached hydrogens (tertiary/aromatic N) is 2. The van der Waals surface area contributed by atoms with Gasteiger partial charge in [0.25, 0.3) is 0 Å². The van der Waals surface area contributed by atoms with Crippen LogP contribution in [0.4, 0.5) is 0 Å². The van der Waals surface area contributed by atoms with E-state index in [1.165, 1.54) is 0 Å². The van der Waals surface area contributed by atoms with Gasteiger partial charge in [-0.05, 0) is 25.0 Å². The SMILES string of the molecule is CCC(CC)c1nc2ccccc2n1CCO. The first-order chi connectivity index (χ1) is 8.31. The Kier molecular flexibility index (Phi) is 3.79. The Morgan fingerprint density at radius 1 is 1.24 bits per heavy atom. The maximum absolute atomic E-state index is 9.20. The summed E-state index contributed by atoms with van der Waals surface area (Å²) in [7, 11) is 0. The van der Waals surface area contributed by atoms with Gasteiger partial charge in [-0.25, -0.2) is 4.98 Å². The summed E-state index contributed by atoms with van der Waals surface area (Å²) in [4.78, 5) is 4.73. The molecule has 0 radical (unpaired) electrons. The van der Waals surface area contributed by atoms with E-state index in [1.54, 1.807) is 0 Å². The van der Waals surface area contributed by atoms with E-state index < -0.39 is 0 Å². The Bertz CT molecular complexity index is 486. The smallest absolute Gasteiger partial charge is 0.113 e. The number of rotatable bonds is 5. The van der Waals surface area contributed by atoms with Crippen molar-refractivity contribution in [1.82, 2.24) is 9.55 Å². The number of hydrogen-bond acceptors (Lipinski definition) is 2. The van der Waals surface area contributed by atoms with Crippen LogP contribution in [0.25, 0.3) is 11.0 Å². The zero-order valence-corrected chi connectivity index (χ0v) is 10.6. The molecule has 17 heavy (non-hydrogen) atoms. The first kappa shape index (κ1) is 12.1. The van der Waals surface area contributed by atoms with Gasteiger partial charge < -0.3 is 9.67 Å². The molecule has 3 heteroatoms. The third kappa shape index (κ3) is 2.20. The van der Waals surface area contributed by atoms with Crippen molar-refractivity contribution in [3.63, 3.8) is 0 Å². The molecule has 1 aromatic heterocycles. The lowest BCUT2D eigenvalue weighted by Gasteiger charge is -2.14. The number of fused-ring (bicyclic) bond motifs is 1. The van der Waals surface area contributed by atoms with Gasteiger partial charge in [0.2, 0.25) is 0 Å². The number of benzene rings is 1. The van der Waals surface area contributed by atoms with E-state index in [0.29, 0.717) is 12.5 Å². The fourth-order valence-corrected chi connectivity index (χ4v) is 2.39. The summed E-state index contributed by atoms with van der Waals surface area (Å²) < 4.78 is 2.16. The molecule has 2 rings (SSSR count). The number of para-hydroxylation sites is 2. The molecule has 0 spiro atoms. The van der Waals surface area contributed by atoms with Crippen molar-refractivity contribution >= 4 is 11.0 Å². The Morgan fingerprint density at radius 2 is 1.94 bits per heavy atom. The fraction of sp³-hybridized carbons (Fsp3) is 0.500. The van der Waals surface area contributed by atoms with Gasteiger partial charge in [0, 0.05) is 12.5 Å². The predicted molar refractivity (Wildman–Crippen MR) is 70.1 cm³/mol. The van der Waals surface area contributed by atoms with Crippen LogP contribution < -0.4 is 0 Å². The molecule has 0 atom stereocenters. The highest BCUT2D eigenvalue weighted by atomic mass is 16.3. The van der Waals surface area contributed by atoms with E-state index in [2.05, 4.69) is 24.5 Å². The summed E-state index contributed by atoms with van der Waals surface area (Å²) >= 11 is 0. The van der Waals surface area contributed by atoms with E-state index in [9.17, 15) is 5.11 Å². The minimum absolute atomic E-state index is 0.160. The molecule has 0 aliphatic carbocycles. The second-order valence-corrected chi connectivity index (χ2v) is 4.35. The summed E-state index contributed by atoms with van der Waals surface area (Å²) in [5, 5.41) is 9.20. The zero-order valence-electron chi connectivity index (χ0n) is 10.6. The molecular formula is C14H20N2O. The summed E-state index contributed by atoms with van der Waals surface area (Å²) in [5.41, 5.74) is 2.16. The molecule has 3 nitrogen and oxygen atoms in total. The van der Waals surface area contributed by atoms with E-state index >= 15 is 0 Å². The monoisotopic (exact) mass is 232 g/mol. The van der Waals surface area contributed by atoms with E-state index in [1.807, 2.05) is 18.2 Å². The Labute approximate surface area is 102 Å². The molecule has 0 aliphatic rings. The van der Waals surface area contributed by atoms with Gasteiger partial charge in [0.1, 0.15) is 5.82 Å². The molecule has 0 unspecified atom stereocenters. The van der Waals surface area contributed by atoms with Crippen LogP contribution in [0.1, 0.15) is 38.4 Å². The Hall–Kier alpha value is -1.35. The van der Waals surface area contributed by atoms with Crippen LogP contribution in [0.3, 0.4) is 0 Å². The highest BCUT2D eigenvalue weighted by molar-refractivity contribution is 5.76. The first-order valence-corrected chi connectivity index (χ1v) is 6.37. The van der Waals surface area contributed by atoms with Gasteiger partial charge in [0.15, 0.2) is 0 Å². The van der Waals surface area contributed by atoms with Crippen LogP contribution in [0.15, 0.2) is 24.3 Å². The first-order valence-electron chi connectivity index (χ1n) is 6.37. The third-order valence-corrected chi connectivity index (χ3v) is 3.36.